The highest BCUT2D eigenvalue weighted by Crippen LogP contribution is 2.33. The lowest BCUT2D eigenvalue weighted by molar-refractivity contribution is -0.114. The average Bonchev–Trinajstić information content (AvgIpc) is 3.47. The summed E-state index contributed by atoms with van der Waals surface area (Å²) in [4.78, 5) is 28.2. The maximum Gasteiger partial charge on any atom is 0.300 e. The van der Waals surface area contributed by atoms with Crippen LogP contribution in [-0.4, -0.2) is 36.4 Å². The highest BCUT2D eigenvalue weighted by atomic mass is 19.1. The van der Waals surface area contributed by atoms with Crippen molar-refractivity contribution in [2.24, 2.45) is 0 Å². The van der Waals surface area contributed by atoms with Crippen molar-refractivity contribution in [2.45, 2.75) is 25.4 Å². The smallest absolute Gasteiger partial charge is 0.300 e. The van der Waals surface area contributed by atoms with Crippen LogP contribution in [0.3, 0.4) is 0 Å². The monoisotopic (exact) mass is 354 g/mol. The zero-order chi connectivity index (χ0) is 18.3. The Hall–Kier alpha value is -2.73. The minimum atomic E-state index is -0.639. The number of methoxy groups -OCH3 is 1. The quantitative estimate of drug-likeness (QED) is 0.749. The third-order valence-corrected chi connectivity index (χ3v) is 4.86. The number of ketones is 1. The van der Waals surface area contributed by atoms with E-state index in [2.05, 4.69) is 4.90 Å². The Bertz CT molecular complexity index is 862. The van der Waals surface area contributed by atoms with Crippen molar-refractivity contribution in [3.05, 3.63) is 59.4 Å². The van der Waals surface area contributed by atoms with Crippen LogP contribution in [0.15, 0.2) is 42.5 Å². The van der Waals surface area contributed by atoms with E-state index in [1.165, 1.54) is 17.0 Å². The molecule has 1 amide bonds. The van der Waals surface area contributed by atoms with Gasteiger partial charge in [-0.05, 0) is 48.7 Å². The van der Waals surface area contributed by atoms with Gasteiger partial charge in [-0.2, -0.15) is 0 Å². The predicted octanol–water partition coefficient (Wildman–Crippen LogP) is 2.99. The Kier molecular flexibility index (Phi) is 4.20. The molecule has 1 heterocycles. The number of fused-ring (bicyclic) bond motifs is 1. The first-order chi connectivity index (χ1) is 12.6. The Balaban J connectivity index is 1.55. The molecule has 0 N–H and O–H groups in total. The number of hydrogen-bond donors (Lipinski definition) is 0. The largest absolute Gasteiger partial charge is 0.497 e. The molecular formula is C20H19FN2O3. The molecule has 0 unspecified atom stereocenters. The lowest BCUT2D eigenvalue weighted by Crippen LogP contribution is -2.41. The van der Waals surface area contributed by atoms with Crippen molar-refractivity contribution in [3.63, 3.8) is 0 Å². The van der Waals surface area contributed by atoms with E-state index < -0.39 is 17.5 Å². The molecule has 1 aliphatic heterocycles. The molecule has 2 aromatic carbocycles. The normalized spacial score (nSPS) is 16.3. The maximum atomic E-state index is 13.4. The molecular weight excluding hydrogens is 335 g/mol. The molecule has 0 aromatic heterocycles. The molecule has 134 valence electrons. The van der Waals surface area contributed by atoms with E-state index in [9.17, 15) is 14.0 Å². The summed E-state index contributed by atoms with van der Waals surface area (Å²) < 4.78 is 18.6. The fourth-order valence-electron chi connectivity index (χ4n) is 3.29. The summed E-state index contributed by atoms with van der Waals surface area (Å²) in [6.45, 7) is 0.989. The summed E-state index contributed by atoms with van der Waals surface area (Å²) in [5.41, 5.74) is 1.74. The minimum Gasteiger partial charge on any atom is -0.497 e. The summed E-state index contributed by atoms with van der Waals surface area (Å²) in [6.07, 6.45) is 2.14. The number of carbonyl (C=O) groups excluding carboxylic acids is 2. The van der Waals surface area contributed by atoms with Crippen LogP contribution in [0.5, 0.6) is 5.75 Å². The number of anilines is 1. The second-order valence-electron chi connectivity index (χ2n) is 6.69. The number of carbonyl (C=O) groups is 2. The number of hydrogen-bond acceptors (Lipinski definition) is 4. The lowest BCUT2D eigenvalue weighted by Gasteiger charge is -2.28. The van der Waals surface area contributed by atoms with Crippen molar-refractivity contribution in [1.82, 2.24) is 4.90 Å². The van der Waals surface area contributed by atoms with Crippen LogP contribution in [0.1, 0.15) is 28.8 Å². The second-order valence-corrected chi connectivity index (χ2v) is 6.69. The van der Waals surface area contributed by atoms with Crippen LogP contribution in [0.2, 0.25) is 0 Å². The Morgan fingerprint density at radius 3 is 2.54 bits per heavy atom. The minimum absolute atomic E-state index is 0.148. The maximum absolute atomic E-state index is 13.4. The number of ether oxygens (including phenoxy) is 1. The fraction of sp³-hybridized carbons (Fsp3) is 0.300. The standard InChI is InChI=1S/C20H19FN2O3/c1-26-16-7-2-13(3-8-16)11-22(15-5-6-15)12-23-18-9-4-14(21)10-17(18)19(24)20(23)25/h2-4,7-10,15H,5-6,11-12H2,1H3. The molecule has 6 heteroatoms. The molecule has 26 heavy (non-hydrogen) atoms. The van der Waals surface area contributed by atoms with Gasteiger partial charge in [0.15, 0.2) is 0 Å². The number of halogens is 1. The van der Waals surface area contributed by atoms with Crippen molar-refractivity contribution in [1.29, 1.82) is 0 Å². The van der Waals surface area contributed by atoms with Crippen LogP contribution < -0.4 is 9.64 Å². The summed E-state index contributed by atoms with van der Waals surface area (Å²) in [7, 11) is 1.63. The third kappa shape index (κ3) is 3.08. The van der Waals surface area contributed by atoms with Gasteiger partial charge in [-0.3, -0.25) is 19.4 Å². The predicted molar refractivity (Wildman–Crippen MR) is 94.6 cm³/mol. The number of rotatable bonds is 6. The van der Waals surface area contributed by atoms with E-state index in [0.29, 0.717) is 24.9 Å². The van der Waals surface area contributed by atoms with Crippen LogP contribution in [0, 0.1) is 5.82 Å². The number of amides is 1. The molecule has 1 fully saturated rings. The van der Waals surface area contributed by atoms with Gasteiger partial charge in [0.1, 0.15) is 11.6 Å². The molecule has 1 saturated carbocycles. The van der Waals surface area contributed by atoms with Crippen molar-refractivity contribution in [3.8, 4) is 5.75 Å². The molecule has 1 aliphatic carbocycles. The van der Waals surface area contributed by atoms with Crippen LogP contribution >= 0.6 is 0 Å². The Morgan fingerprint density at radius 1 is 1.15 bits per heavy atom. The van der Waals surface area contributed by atoms with Crippen molar-refractivity contribution in [2.75, 3.05) is 18.7 Å². The van der Waals surface area contributed by atoms with E-state index in [1.54, 1.807) is 7.11 Å². The number of Topliss-reactive ketones (excluding diaryl/α,β-unsaturated/α-hetero) is 1. The fourth-order valence-corrected chi connectivity index (χ4v) is 3.29. The zero-order valence-corrected chi connectivity index (χ0v) is 14.4. The van der Waals surface area contributed by atoms with Gasteiger partial charge in [0, 0.05) is 12.6 Å². The average molecular weight is 354 g/mol. The van der Waals surface area contributed by atoms with Crippen LogP contribution in [-0.2, 0) is 11.3 Å². The van der Waals surface area contributed by atoms with Gasteiger partial charge < -0.3 is 4.74 Å². The van der Waals surface area contributed by atoms with Gasteiger partial charge in [0.05, 0.1) is 25.0 Å². The molecule has 0 spiro atoms. The van der Waals surface area contributed by atoms with Gasteiger partial charge in [0.25, 0.3) is 5.78 Å². The molecule has 2 aromatic rings. The van der Waals surface area contributed by atoms with Gasteiger partial charge >= 0.3 is 5.91 Å². The summed E-state index contributed by atoms with van der Waals surface area (Å²) in [5, 5.41) is 0. The van der Waals surface area contributed by atoms with Crippen LogP contribution in [0.25, 0.3) is 0 Å². The Labute approximate surface area is 151 Å². The van der Waals surface area contributed by atoms with Gasteiger partial charge in [0.2, 0.25) is 0 Å². The first kappa shape index (κ1) is 16.7. The summed E-state index contributed by atoms with van der Waals surface area (Å²) in [6, 6.07) is 12.1. The van der Waals surface area contributed by atoms with E-state index in [-0.39, 0.29) is 5.56 Å². The molecule has 0 saturated heterocycles. The SMILES string of the molecule is COc1ccc(CN(CN2C(=O)C(=O)c3cc(F)ccc32)C2CC2)cc1. The topological polar surface area (TPSA) is 49.9 Å². The van der Waals surface area contributed by atoms with E-state index in [4.69, 9.17) is 4.74 Å². The van der Waals surface area contributed by atoms with E-state index >= 15 is 0 Å². The second kappa shape index (κ2) is 6.53. The van der Waals surface area contributed by atoms with Crippen molar-refractivity contribution >= 4 is 17.4 Å². The highest BCUT2D eigenvalue weighted by Gasteiger charge is 2.39. The first-order valence-corrected chi connectivity index (χ1v) is 8.59. The lowest BCUT2D eigenvalue weighted by atomic mass is 10.1. The van der Waals surface area contributed by atoms with Gasteiger partial charge in [-0.15, -0.1) is 0 Å². The molecule has 0 radical (unpaired) electrons. The highest BCUT2D eigenvalue weighted by molar-refractivity contribution is 6.52. The third-order valence-electron chi connectivity index (χ3n) is 4.86. The first-order valence-electron chi connectivity index (χ1n) is 8.59. The molecule has 4 rings (SSSR count). The van der Waals surface area contributed by atoms with E-state index in [0.717, 1.165) is 30.2 Å². The molecule has 0 bridgehead atoms. The van der Waals surface area contributed by atoms with Crippen molar-refractivity contribution < 1.29 is 18.7 Å². The van der Waals surface area contributed by atoms with Gasteiger partial charge in [-0.1, -0.05) is 12.1 Å². The molecule has 2 aliphatic rings. The summed E-state index contributed by atoms with van der Waals surface area (Å²) in [5.74, 6) is -0.947. The van der Waals surface area contributed by atoms with Crippen LogP contribution in [0.4, 0.5) is 10.1 Å². The van der Waals surface area contributed by atoms with Gasteiger partial charge in [-0.25, -0.2) is 4.39 Å². The molecule has 5 nitrogen and oxygen atoms in total. The molecule has 0 atom stereocenters. The Morgan fingerprint density at radius 2 is 1.88 bits per heavy atom. The van der Waals surface area contributed by atoms with E-state index in [1.807, 2.05) is 24.3 Å². The zero-order valence-electron chi connectivity index (χ0n) is 14.4. The number of nitrogens with zero attached hydrogens (tertiary/aromatic N) is 2. The number of benzene rings is 2. The summed E-state index contributed by atoms with van der Waals surface area (Å²) >= 11 is 0.